The first-order chi connectivity index (χ1) is 15.2. The van der Waals surface area contributed by atoms with Gasteiger partial charge in [-0.3, -0.25) is 9.59 Å². The maximum absolute atomic E-state index is 13.0. The highest BCUT2D eigenvalue weighted by Crippen LogP contribution is 2.26. The van der Waals surface area contributed by atoms with E-state index in [9.17, 15) is 22.8 Å². The van der Waals surface area contributed by atoms with Gasteiger partial charge in [-0.25, -0.2) is 13.2 Å². The third-order valence-electron chi connectivity index (χ3n) is 5.17. The van der Waals surface area contributed by atoms with Crippen molar-refractivity contribution in [2.45, 2.75) is 51.5 Å². The molecule has 0 spiro atoms. The number of nitrogens with zero attached hydrogens (tertiary/aromatic N) is 2. The highest BCUT2D eigenvalue weighted by atomic mass is 32.2. The summed E-state index contributed by atoms with van der Waals surface area (Å²) in [6.07, 6.45) is 2.24. The quantitative estimate of drug-likeness (QED) is 0.486. The number of sulfonamides is 1. The molecule has 32 heavy (non-hydrogen) atoms. The molecule has 0 bridgehead atoms. The maximum Gasteiger partial charge on any atom is 0.374 e. The molecule has 10 nitrogen and oxygen atoms in total. The van der Waals surface area contributed by atoms with Gasteiger partial charge in [0.1, 0.15) is 0 Å². The summed E-state index contributed by atoms with van der Waals surface area (Å²) in [6.45, 7) is 7.03. The van der Waals surface area contributed by atoms with E-state index in [0.717, 1.165) is 12.8 Å². The molecule has 0 atom stereocenters. The summed E-state index contributed by atoms with van der Waals surface area (Å²) in [6, 6.07) is 2.50. The van der Waals surface area contributed by atoms with Crippen molar-refractivity contribution in [3.05, 3.63) is 17.9 Å². The smallest absolute Gasteiger partial charge is 0.374 e. The van der Waals surface area contributed by atoms with E-state index in [1.807, 2.05) is 13.8 Å². The predicted molar refractivity (Wildman–Crippen MR) is 116 cm³/mol. The SMILES string of the molecule is CCCNC(=O)CN(CCC)C(=O)C1CCN(S(=O)(=O)c2ccc(C(=O)OCC)o2)CC1. The van der Waals surface area contributed by atoms with E-state index in [4.69, 9.17) is 9.15 Å². The van der Waals surface area contributed by atoms with Gasteiger partial charge in [0.25, 0.3) is 10.0 Å². The van der Waals surface area contributed by atoms with E-state index in [1.165, 1.54) is 16.4 Å². The lowest BCUT2D eigenvalue weighted by atomic mass is 9.96. The monoisotopic (exact) mass is 471 g/mol. The topological polar surface area (TPSA) is 126 Å². The van der Waals surface area contributed by atoms with Crippen molar-refractivity contribution in [2.75, 3.05) is 39.3 Å². The Kier molecular flexibility index (Phi) is 9.70. The minimum absolute atomic E-state index is 0.00815. The Morgan fingerprint density at radius 1 is 1.16 bits per heavy atom. The van der Waals surface area contributed by atoms with E-state index in [1.54, 1.807) is 11.8 Å². The van der Waals surface area contributed by atoms with Crippen molar-refractivity contribution in [1.82, 2.24) is 14.5 Å². The number of ether oxygens (including phenoxy) is 1. The molecular weight excluding hydrogens is 438 g/mol. The van der Waals surface area contributed by atoms with Crippen LogP contribution in [0, 0.1) is 5.92 Å². The zero-order valence-electron chi connectivity index (χ0n) is 19.0. The van der Waals surface area contributed by atoms with Crippen LogP contribution in [0.3, 0.4) is 0 Å². The number of piperidine rings is 1. The molecule has 1 N–H and O–H groups in total. The van der Waals surface area contributed by atoms with Gasteiger partial charge < -0.3 is 19.4 Å². The van der Waals surface area contributed by atoms with E-state index in [-0.39, 0.29) is 54.8 Å². The summed E-state index contributed by atoms with van der Waals surface area (Å²) in [5.74, 6) is -1.56. The lowest BCUT2D eigenvalue weighted by Crippen LogP contribution is -2.47. The third-order valence-corrected chi connectivity index (χ3v) is 6.94. The Morgan fingerprint density at radius 3 is 2.44 bits per heavy atom. The fourth-order valence-corrected chi connectivity index (χ4v) is 4.91. The number of rotatable bonds is 11. The summed E-state index contributed by atoms with van der Waals surface area (Å²) in [7, 11) is -3.93. The van der Waals surface area contributed by atoms with Gasteiger partial charge in [0, 0.05) is 32.1 Å². The van der Waals surface area contributed by atoms with Crippen LogP contribution >= 0.6 is 0 Å². The standard InChI is InChI=1S/C21H33N3O7S/c1-4-11-22-18(25)15-23(12-5-2)20(26)16-9-13-24(14-10-16)32(28,29)19-8-7-17(31-19)21(27)30-6-3/h7-8,16H,4-6,9-15H2,1-3H3,(H,22,25). The van der Waals surface area contributed by atoms with Gasteiger partial charge in [-0.15, -0.1) is 0 Å². The Bertz CT molecular complexity index is 889. The van der Waals surface area contributed by atoms with Crippen molar-refractivity contribution in [1.29, 1.82) is 0 Å². The second kappa shape index (κ2) is 12.0. The zero-order chi connectivity index (χ0) is 23.7. The van der Waals surface area contributed by atoms with Gasteiger partial charge in [0.05, 0.1) is 13.2 Å². The molecule has 0 aromatic carbocycles. The average molecular weight is 472 g/mol. The van der Waals surface area contributed by atoms with Gasteiger partial charge in [0.2, 0.25) is 22.7 Å². The largest absolute Gasteiger partial charge is 0.460 e. The number of hydrogen-bond acceptors (Lipinski definition) is 7. The molecule has 0 radical (unpaired) electrons. The summed E-state index contributed by atoms with van der Waals surface area (Å²) in [5.41, 5.74) is 0. The molecular formula is C21H33N3O7S. The molecule has 1 aliphatic heterocycles. The normalized spacial score (nSPS) is 15.3. The van der Waals surface area contributed by atoms with E-state index in [2.05, 4.69) is 5.32 Å². The number of esters is 1. The molecule has 0 aliphatic carbocycles. The second-order valence-corrected chi connectivity index (χ2v) is 9.50. The number of carbonyl (C=O) groups excluding carboxylic acids is 3. The van der Waals surface area contributed by atoms with Crippen molar-refractivity contribution >= 4 is 27.8 Å². The van der Waals surface area contributed by atoms with Gasteiger partial charge in [-0.2, -0.15) is 4.31 Å². The molecule has 1 aromatic rings. The first kappa shape index (κ1) is 25.9. The van der Waals surface area contributed by atoms with Crippen LogP contribution in [0.5, 0.6) is 0 Å². The summed E-state index contributed by atoms with van der Waals surface area (Å²) >= 11 is 0. The maximum atomic E-state index is 13.0. The van der Waals surface area contributed by atoms with Gasteiger partial charge in [0.15, 0.2) is 0 Å². The van der Waals surface area contributed by atoms with Crippen LogP contribution in [0.1, 0.15) is 57.0 Å². The summed E-state index contributed by atoms with van der Waals surface area (Å²) in [5, 5.41) is 2.45. The highest BCUT2D eigenvalue weighted by Gasteiger charge is 2.35. The molecule has 180 valence electrons. The molecule has 1 saturated heterocycles. The zero-order valence-corrected chi connectivity index (χ0v) is 19.8. The first-order valence-corrected chi connectivity index (χ1v) is 12.5. The van der Waals surface area contributed by atoms with Crippen LogP contribution in [0.2, 0.25) is 0 Å². The van der Waals surface area contributed by atoms with E-state index < -0.39 is 16.0 Å². The number of amides is 2. The molecule has 2 amide bonds. The minimum atomic E-state index is -3.93. The Morgan fingerprint density at radius 2 is 1.84 bits per heavy atom. The van der Waals surface area contributed by atoms with Crippen molar-refractivity contribution in [3.8, 4) is 0 Å². The predicted octanol–water partition coefficient (Wildman–Crippen LogP) is 1.62. The fourth-order valence-electron chi connectivity index (χ4n) is 3.53. The van der Waals surface area contributed by atoms with Gasteiger partial charge in [-0.1, -0.05) is 13.8 Å². The Balaban J connectivity index is 1.99. The highest BCUT2D eigenvalue weighted by molar-refractivity contribution is 7.89. The number of carbonyl (C=O) groups is 3. The molecule has 11 heteroatoms. The Hall–Kier alpha value is -2.40. The average Bonchev–Trinajstić information content (AvgIpc) is 3.28. The lowest BCUT2D eigenvalue weighted by Gasteiger charge is -2.33. The van der Waals surface area contributed by atoms with Crippen molar-refractivity contribution in [2.24, 2.45) is 5.92 Å². The molecule has 2 heterocycles. The van der Waals surface area contributed by atoms with Gasteiger partial charge in [-0.05, 0) is 44.7 Å². The molecule has 1 aromatic heterocycles. The first-order valence-electron chi connectivity index (χ1n) is 11.1. The molecule has 0 saturated carbocycles. The number of furan rings is 1. The van der Waals surface area contributed by atoms with Crippen molar-refractivity contribution in [3.63, 3.8) is 0 Å². The Labute approximate surface area is 189 Å². The van der Waals surface area contributed by atoms with Crippen LogP contribution < -0.4 is 5.32 Å². The van der Waals surface area contributed by atoms with E-state index >= 15 is 0 Å². The number of nitrogens with one attached hydrogen (secondary N) is 1. The van der Waals surface area contributed by atoms with Crippen LogP contribution in [0.25, 0.3) is 0 Å². The minimum Gasteiger partial charge on any atom is -0.460 e. The summed E-state index contributed by atoms with van der Waals surface area (Å²) in [4.78, 5) is 38.3. The van der Waals surface area contributed by atoms with E-state index in [0.29, 0.717) is 25.9 Å². The van der Waals surface area contributed by atoms with Crippen LogP contribution in [-0.2, 0) is 24.3 Å². The molecule has 0 unspecified atom stereocenters. The van der Waals surface area contributed by atoms with Crippen LogP contribution in [0.4, 0.5) is 0 Å². The molecule has 2 rings (SSSR count). The molecule has 1 fully saturated rings. The third kappa shape index (κ3) is 6.55. The lowest BCUT2D eigenvalue weighted by molar-refractivity contribution is -0.140. The fraction of sp³-hybridized carbons (Fsp3) is 0.667. The van der Waals surface area contributed by atoms with Crippen molar-refractivity contribution < 1.29 is 32.0 Å². The molecule has 1 aliphatic rings. The number of hydrogen-bond donors (Lipinski definition) is 1. The van der Waals surface area contributed by atoms with Crippen LogP contribution in [0.15, 0.2) is 21.6 Å². The second-order valence-electron chi connectivity index (χ2n) is 7.63. The van der Waals surface area contributed by atoms with Crippen LogP contribution in [-0.4, -0.2) is 74.7 Å². The summed E-state index contributed by atoms with van der Waals surface area (Å²) < 4.78 is 37.0. The van der Waals surface area contributed by atoms with Gasteiger partial charge >= 0.3 is 5.97 Å².